The Labute approximate surface area is 266 Å². The summed E-state index contributed by atoms with van der Waals surface area (Å²) in [4.78, 5) is 4.82. The molecule has 3 aliphatic rings. The summed E-state index contributed by atoms with van der Waals surface area (Å²) in [5.74, 6) is 6.63. The van der Waals surface area contributed by atoms with E-state index < -0.39 is 10.0 Å². The van der Waals surface area contributed by atoms with E-state index in [9.17, 15) is 8.42 Å². The average Bonchev–Trinajstić information content (AvgIpc) is 3.39. The van der Waals surface area contributed by atoms with Crippen molar-refractivity contribution in [2.75, 3.05) is 58.7 Å². The third kappa shape index (κ3) is 7.12. The third-order valence-electron chi connectivity index (χ3n) is 8.78. The van der Waals surface area contributed by atoms with Gasteiger partial charge < -0.3 is 4.74 Å². The third-order valence-corrected chi connectivity index (χ3v) is 10.4. The van der Waals surface area contributed by atoms with E-state index in [0.717, 1.165) is 106 Å². The van der Waals surface area contributed by atoms with Crippen molar-refractivity contribution in [3.8, 4) is 23.1 Å². The molecule has 232 valence electrons. The summed E-state index contributed by atoms with van der Waals surface area (Å²) in [7, 11) is -3.33. The van der Waals surface area contributed by atoms with Crippen LogP contribution in [0.25, 0.3) is 11.3 Å². The molecule has 8 nitrogen and oxygen atoms in total. The molecule has 1 aromatic heterocycles. The summed E-state index contributed by atoms with van der Waals surface area (Å²) in [6, 6.07) is 12.3. The predicted octanol–water partition coefficient (Wildman–Crippen LogP) is 4.19. The molecule has 0 unspecified atom stereocenters. The van der Waals surface area contributed by atoms with Crippen LogP contribution in [0.15, 0.2) is 49.1 Å². The van der Waals surface area contributed by atoms with E-state index in [2.05, 4.69) is 51.1 Å². The van der Waals surface area contributed by atoms with Crippen LogP contribution in [-0.4, -0.2) is 91.0 Å². The van der Waals surface area contributed by atoms with Gasteiger partial charge >= 0.3 is 0 Å². The molecule has 0 radical (unpaired) electrons. The molecule has 0 N–H and O–H groups in total. The number of rotatable bonds is 8. The first kappa shape index (κ1) is 31.0. The van der Waals surface area contributed by atoms with Crippen LogP contribution in [0, 0.1) is 11.8 Å². The van der Waals surface area contributed by atoms with E-state index in [4.69, 9.17) is 21.4 Å². The Morgan fingerprint density at radius 2 is 1.82 bits per heavy atom. The lowest BCUT2D eigenvalue weighted by Crippen LogP contribution is -2.37. The maximum atomic E-state index is 12.5. The highest BCUT2D eigenvalue weighted by Gasteiger charge is 2.30. The Bertz CT molecular complexity index is 1700. The summed E-state index contributed by atoms with van der Waals surface area (Å²) in [5, 5.41) is 5.65. The molecule has 3 aromatic rings. The Kier molecular flexibility index (Phi) is 9.57. The van der Waals surface area contributed by atoms with Gasteiger partial charge in [0.25, 0.3) is 0 Å². The maximum absolute atomic E-state index is 12.5. The number of halogens is 1. The van der Waals surface area contributed by atoms with Crippen LogP contribution in [0.2, 0.25) is 5.02 Å². The van der Waals surface area contributed by atoms with Crippen LogP contribution in [0.1, 0.15) is 39.9 Å². The second kappa shape index (κ2) is 13.6. The van der Waals surface area contributed by atoms with Gasteiger partial charge in [-0.3, -0.25) is 14.5 Å². The molecule has 44 heavy (non-hydrogen) atoms. The fourth-order valence-corrected chi connectivity index (χ4v) is 7.32. The summed E-state index contributed by atoms with van der Waals surface area (Å²) >= 11 is 6.64. The summed E-state index contributed by atoms with van der Waals surface area (Å²) in [6.07, 6.45) is 5.83. The highest BCUT2D eigenvalue weighted by molar-refractivity contribution is 7.88. The molecule has 3 aliphatic heterocycles. The van der Waals surface area contributed by atoms with Crippen LogP contribution in [0.4, 0.5) is 0 Å². The molecule has 1 fully saturated rings. The van der Waals surface area contributed by atoms with E-state index in [1.54, 1.807) is 4.31 Å². The quantitative estimate of drug-likeness (QED) is 0.274. The van der Waals surface area contributed by atoms with Crippen molar-refractivity contribution in [1.82, 2.24) is 23.9 Å². The van der Waals surface area contributed by atoms with Crippen LogP contribution < -0.4 is 0 Å². The first-order chi connectivity index (χ1) is 21.3. The van der Waals surface area contributed by atoms with Crippen LogP contribution in [-0.2, 0) is 47.2 Å². The zero-order chi connectivity index (χ0) is 30.7. The van der Waals surface area contributed by atoms with Gasteiger partial charge in [-0.1, -0.05) is 41.7 Å². The topological polar surface area (TPSA) is 70.9 Å². The first-order valence-corrected chi connectivity index (χ1v) is 17.6. The summed E-state index contributed by atoms with van der Waals surface area (Å²) < 4.78 is 34.1. The molecule has 1 saturated heterocycles. The van der Waals surface area contributed by atoms with Gasteiger partial charge in [0.1, 0.15) is 0 Å². The number of fused-ring (bicyclic) bond motifs is 2. The molecule has 0 spiro atoms. The van der Waals surface area contributed by atoms with E-state index in [0.29, 0.717) is 24.5 Å². The Morgan fingerprint density at radius 1 is 0.977 bits per heavy atom. The minimum absolute atomic E-state index is 0.315. The molecule has 4 heterocycles. The highest BCUT2D eigenvalue weighted by Crippen LogP contribution is 2.33. The van der Waals surface area contributed by atoms with E-state index in [1.807, 2.05) is 24.3 Å². The van der Waals surface area contributed by atoms with Crippen molar-refractivity contribution in [3.05, 3.63) is 87.6 Å². The fourth-order valence-electron chi connectivity index (χ4n) is 6.37. The summed E-state index contributed by atoms with van der Waals surface area (Å²) in [6.45, 7) is 12.7. The zero-order valence-electron chi connectivity index (χ0n) is 25.4. The minimum atomic E-state index is -3.33. The summed E-state index contributed by atoms with van der Waals surface area (Å²) in [5.41, 5.74) is 8.16. The lowest BCUT2D eigenvalue weighted by molar-refractivity contribution is 0.0368. The number of aromatic nitrogens is 2. The molecule has 6 rings (SSSR count). The van der Waals surface area contributed by atoms with Gasteiger partial charge in [0.2, 0.25) is 10.0 Å². The molecular weight excluding hydrogens is 594 g/mol. The van der Waals surface area contributed by atoms with Gasteiger partial charge in [-0.25, -0.2) is 8.42 Å². The van der Waals surface area contributed by atoms with Crippen LogP contribution >= 0.6 is 11.6 Å². The number of morpholine rings is 1. The lowest BCUT2D eigenvalue weighted by atomic mass is 9.97. The number of hydrogen-bond donors (Lipinski definition) is 0. The fraction of sp³-hybridized carbons (Fsp3) is 0.441. The molecular formula is C34H40ClN5O3S. The first-order valence-electron chi connectivity index (χ1n) is 15.4. The normalized spacial score (nSPS) is 17.9. The standard InChI is InChI=1S/C34H40ClN5O3S/c1-3-13-38-16-11-27-22-26(6-8-30(27)24-38)5-7-28-23-29(9-10-32(28)35)34-31-25-39(44(2,41)42)17-12-33(31)40(36-34)15-4-14-37-18-20-43-21-19-37/h3,6,8-10,22-23H,1,4,11-21,24-25H2,2H3. The number of nitrogens with zero attached hydrogens (tertiary/aromatic N) is 5. The Morgan fingerprint density at radius 3 is 2.61 bits per heavy atom. The van der Waals surface area contributed by atoms with Crippen molar-refractivity contribution in [2.24, 2.45) is 0 Å². The van der Waals surface area contributed by atoms with E-state index in [-0.39, 0.29) is 0 Å². The molecule has 0 atom stereocenters. The van der Waals surface area contributed by atoms with Crippen LogP contribution in [0.5, 0.6) is 0 Å². The lowest BCUT2D eigenvalue weighted by Gasteiger charge is -2.27. The SMILES string of the molecule is C=CCN1CCc2cc(C#Cc3cc(-c4nn(CCCN5CCOCC5)c5c4CN(S(C)(=O)=O)CC5)ccc3Cl)ccc2C1. The minimum Gasteiger partial charge on any atom is -0.379 e. The number of benzene rings is 2. The van der Waals surface area contributed by atoms with Gasteiger partial charge in [-0.2, -0.15) is 9.40 Å². The largest absolute Gasteiger partial charge is 0.379 e. The van der Waals surface area contributed by atoms with Crippen molar-refractivity contribution in [2.45, 2.75) is 38.9 Å². The molecule has 0 saturated carbocycles. The van der Waals surface area contributed by atoms with Gasteiger partial charge in [-0.15, -0.1) is 6.58 Å². The van der Waals surface area contributed by atoms with Crippen molar-refractivity contribution in [1.29, 1.82) is 0 Å². The molecule has 2 aromatic carbocycles. The average molecular weight is 634 g/mol. The Balaban J connectivity index is 1.26. The monoisotopic (exact) mass is 633 g/mol. The van der Waals surface area contributed by atoms with Crippen LogP contribution in [0.3, 0.4) is 0 Å². The molecule has 0 amide bonds. The van der Waals surface area contributed by atoms with Gasteiger partial charge in [-0.05, 0) is 48.2 Å². The Hall–Kier alpha value is -2.97. The van der Waals surface area contributed by atoms with Gasteiger partial charge in [0.05, 0.1) is 30.2 Å². The number of hydrogen-bond acceptors (Lipinski definition) is 6. The predicted molar refractivity (Wildman–Crippen MR) is 175 cm³/mol. The number of sulfonamides is 1. The molecule has 10 heteroatoms. The van der Waals surface area contributed by atoms with Crippen molar-refractivity contribution in [3.63, 3.8) is 0 Å². The highest BCUT2D eigenvalue weighted by atomic mass is 35.5. The number of aryl methyl sites for hydroxylation is 1. The van der Waals surface area contributed by atoms with Crippen molar-refractivity contribution < 1.29 is 13.2 Å². The maximum Gasteiger partial charge on any atom is 0.211 e. The zero-order valence-corrected chi connectivity index (χ0v) is 27.0. The smallest absolute Gasteiger partial charge is 0.211 e. The van der Waals surface area contributed by atoms with E-state index in [1.165, 1.54) is 17.4 Å². The van der Waals surface area contributed by atoms with E-state index >= 15 is 0 Å². The second-order valence-corrected chi connectivity index (χ2v) is 14.2. The second-order valence-electron chi connectivity index (χ2n) is 11.9. The molecule has 0 aliphatic carbocycles. The van der Waals surface area contributed by atoms with Gasteiger partial charge in [0, 0.05) is 93.3 Å². The molecule has 0 bridgehead atoms. The van der Waals surface area contributed by atoms with Crippen molar-refractivity contribution >= 4 is 21.6 Å². The van der Waals surface area contributed by atoms with Gasteiger partial charge in [0.15, 0.2) is 0 Å². The number of ether oxygens (including phenoxy) is 1.